The molecule has 0 heterocycles. The smallest absolute Gasteiger partial charge is 0.149 e. The van der Waals surface area contributed by atoms with E-state index < -0.39 is 15.7 Å². The standard InChI is InChI=1S/C10H11FN2O2S/c1-16(14,15)5-4-13-10-3-2-9(11)6-8(10)7-12/h2-3,6,13H,4-5H2,1H3. The first-order valence-electron chi connectivity index (χ1n) is 4.53. The van der Waals surface area contributed by atoms with Crippen LogP contribution in [0.15, 0.2) is 18.2 Å². The van der Waals surface area contributed by atoms with Gasteiger partial charge in [0, 0.05) is 12.8 Å². The highest BCUT2D eigenvalue weighted by Crippen LogP contribution is 2.15. The predicted molar refractivity (Wildman–Crippen MR) is 59.3 cm³/mol. The molecule has 0 aliphatic rings. The Kier molecular flexibility index (Phi) is 3.85. The lowest BCUT2D eigenvalue weighted by Crippen LogP contribution is -2.14. The van der Waals surface area contributed by atoms with Gasteiger partial charge in [0.1, 0.15) is 21.7 Å². The van der Waals surface area contributed by atoms with Gasteiger partial charge in [0.2, 0.25) is 0 Å². The van der Waals surface area contributed by atoms with Gasteiger partial charge in [-0.1, -0.05) is 0 Å². The van der Waals surface area contributed by atoms with Crippen LogP contribution in [0.2, 0.25) is 0 Å². The number of rotatable bonds is 4. The van der Waals surface area contributed by atoms with E-state index in [0.29, 0.717) is 5.69 Å². The summed E-state index contributed by atoms with van der Waals surface area (Å²) >= 11 is 0. The minimum atomic E-state index is -3.04. The Morgan fingerprint density at radius 1 is 1.50 bits per heavy atom. The largest absolute Gasteiger partial charge is 0.383 e. The molecule has 0 radical (unpaired) electrons. The van der Waals surface area contributed by atoms with E-state index in [1.165, 1.54) is 12.1 Å². The summed E-state index contributed by atoms with van der Waals surface area (Å²) in [6.07, 6.45) is 1.13. The summed E-state index contributed by atoms with van der Waals surface area (Å²) in [7, 11) is -3.04. The second-order valence-electron chi connectivity index (χ2n) is 3.36. The van der Waals surface area contributed by atoms with Crippen molar-refractivity contribution in [2.75, 3.05) is 23.9 Å². The molecule has 1 aromatic rings. The quantitative estimate of drug-likeness (QED) is 0.860. The monoisotopic (exact) mass is 242 g/mol. The van der Waals surface area contributed by atoms with Crippen LogP contribution in [0.1, 0.15) is 5.56 Å². The molecule has 6 heteroatoms. The maximum absolute atomic E-state index is 12.8. The Balaban J connectivity index is 2.72. The van der Waals surface area contributed by atoms with Crippen molar-refractivity contribution in [1.29, 1.82) is 5.26 Å². The third-order valence-electron chi connectivity index (χ3n) is 1.89. The lowest BCUT2D eigenvalue weighted by atomic mass is 10.2. The zero-order valence-electron chi connectivity index (χ0n) is 8.70. The molecule has 0 saturated carbocycles. The normalized spacial score (nSPS) is 10.8. The molecule has 1 aromatic carbocycles. The van der Waals surface area contributed by atoms with Crippen LogP contribution < -0.4 is 5.32 Å². The topological polar surface area (TPSA) is 70.0 Å². The zero-order valence-corrected chi connectivity index (χ0v) is 9.51. The molecule has 0 saturated heterocycles. The van der Waals surface area contributed by atoms with Crippen LogP contribution in [0.3, 0.4) is 0 Å². The molecule has 4 nitrogen and oxygen atoms in total. The van der Waals surface area contributed by atoms with E-state index >= 15 is 0 Å². The highest BCUT2D eigenvalue weighted by molar-refractivity contribution is 7.90. The molecule has 1 N–H and O–H groups in total. The van der Waals surface area contributed by atoms with E-state index in [1.54, 1.807) is 0 Å². The second kappa shape index (κ2) is 4.94. The van der Waals surface area contributed by atoms with Gasteiger partial charge >= 0.3 is 0 Å². The molecule has 0 aliphatic carbocycles. The van der Waals surface area contributed by atoms with Gasteiger partial charge in [-0.15, -0.1) is 0 Å². The maximum Gasteiger partial charge on any atom is 0.149 e. The zero-order chi connectivity index (χ0) is 12.2. The maximum atomic E-state index is 12.8. The molecule has 0 aromatic heterocycles. The van der Waals surface area contributed by atoms with E-state index in [9.17, 15) is 12.8 Å². The average Bonchev–Trinajstić information content (AvgIpc) is 2.18. The van der Waals surface area contributed by atoms with Crippen LogP contribution in [0.4, 0.5) is 10.1 Å². The number of nitrogens with one attached hydrogen (secondary N) is 1. The molecule has 0 aliphatic heterocycles. The van der Waals surface area contributed by atoms with Gasteiger partial charge in [0.25, 0.3) is 0 Å². The van der Waals surface area contributed by atoms with Crippen molar-refractivity contribution in [2.24, 2.45) is 0 Å². The van der Waals surface area contributed by atoms with Crippen molar-refractivity contribution >= 4 is 15.5 Å². The molecule has 16 heavy (non-hydrogen) atoms. The Morgan fingerprint density at radius 2 is 2.19 bits per heavy atom. The summed E-state index contributed by atoms with van der Waals surface area (Å²) in [5.74, 6) is -0.528. The number of nitrogens with zero attached hydrogens (tertiary/aromatic N) is 1. The van der Waals surface area contributed by atoms with Crippen molar-refractivity contribution in [1.82, 2.24) is 0 Å². The number of hydrogen-bond acceptors (Lipinski definition) is 4. The lowest BCUT2D eigenvalue weighted by Gasteiger charge is -2.07. The second-order valence-corrected chi connectivity index (χ2v) is 5.62. The molecule has 0 atom stereocenters. The molecule has 0 spiro atoms. The van der Waals surface area contributed by atoms with Crippen LogP contribution >= 0.6 is 0 Å². The fourth-order valence-electron chi connectivity index (χ4n) is 1.13. The number of nitriles is 1. The molecule has 1 rings (SSSR count). The van der Waals surface area contributed by atoms with E-state index in [-0.39, 0.29) is 17.9 Å². The molecule has 0 unspecified atom stereocenters. The fourth-order valence-corrected chi connectivity index (χ4v) is 1.61. The summed E-state index contributed by atoms with van der Waals surface area (Å²) in [5, 5.41) is 11.5. The molecular formula is C10H11FN2O2S. The molecule has 0 fully saturated rings. The third-order valence-corrected chi connectivity index (χ3v) is 2.84. The number of hydrogen-bond donors (Lipinski definition) is 1. The van der Waals surface area contributed by atoms with Gasteiger partial charge in [0.15, 0.2) is 0 Å². The van der Waals surface area contributed by atoms with Gasteiger partial charge in [0.05, 0.1) is 17.0 Å². The summed E-state index contributed by atoms with van der Waals surface area (Å²) in [4.78, 5) is 0. The molecular weight excluding hydrogens is 231 g/mol. The average molecular weight is 242 g/mol. The molecule has 0 amide bonds. The summed E-state index contributed by atoms with van der Waals surface area (Å²) < 4.78 is 34.5. The van der Waals surface area contributed by atoms with E-state index in [1.807, 2.05) is 6.07 Å². The van der Waals surface area contributed by atoms with Crippen molar-refractivity contribution in [3.63, 3.8) is 0 Å². The van der Waals surface area contributed by atoms with Crippen LogP contribution in [0, 0.1) is 17.1 Å². The molecule has 0 bridgehead atoms. The van der Waals surface area contributed by atoms with Crippen LogP contribution in [-0.4, -0.2) is 27.0 Å². The Morgan fingerprint density at radius 3 is 2.75 bits per heavy atom. The first-order valence-corrected chi connectivity index (χ1v) is 6.59. The Bertz CT molecular complexity index is 520. The van der Waals surface area contributed by atoms with Gasteiger partial charge in [-0.05, 0) is 18.2 Å². The molecule has 86 valence electrons. The summed E-state index contributed by atoms with van der Waals surface area (Å²) in [6, 6.07) is 5.56. The number of halogens is 1. The van der Waals surface area contributed by atoms with Gasteiger partial charge in [-0.25, -0.2) is 12.8 Å². The van der Waals surface area contributed by atoms with Crippen molar-refractivity contribution in [3.05, 3.63) is 29.6 Å². The van der Waals surface area contributed by atoms with Crippen LogP contribution in [0.25, 0.3) is 0 Å². The van der Waals surface area contributed by atoms with Crippen LogP contribution in [-0.2, 0) is 9.84 Å². The first-order chi connectivity index (χ1) is 7.42. The fraction of sp³-hybridized carbons (Fsp3) is 0.300. The minimum absolute atomic E-state index is 0.0325. The Labute approximate surface area is 93.6 Å². The highest BCUT2D eigenvalue weighted by atomic mass is 32.2. The highest BCUT2D eigenvalue weighted by Gasteiger charge is 2.05. The van der Waals surface area contributed by atoms with Gasteiger partial charge < -0.3 is 5.32 Å². The van der Waals surface area contributed by atoms with Crippen molar-refractivity contribution < 1.29 is 12.8 Å². The first kappa shape index (κ1) is 12.5. The van der Waals surface area contributed by atoms with Crippen molar-refractivity contribution in [3.8, 4) is 6.07 Å². The van der Waals surface area contributed by atoms with Gasteiger partial charge in [-0.2, -0.15) is 5.26 Å². The van der Waals surface area contributed by atoms with E-state index in [0.717, 1.165) is 12.3 Å². The SMILES string of the molecule is CS(=O)(=O)CCNc1ccc(F)cc1C#N. The number of sulfone groups is 1. The van der Waals surface area contributed by atoms with Gasteiger partial charge in [-0.3, -0.25) is 0 Å². The van der Waals surface area contributed by atoms with Crippen LogP contribution in [0.5, 0.6) is 0 Å². The van der Waals surface area contributed by atoms with E-state index in [2.05, 4.69) is 5.32 Å². The predicted octanol–water partition coefficient (Wildman–Crippen LogP) is 1.15. The summed E-state index contributed by atoms with van der Waals surface area (Å²) in [6.45, 7) is 0.194. The third kappa shape index (κ3) is 3.87. The summed E-state index contributed by atoms with van der Waals surface area (Å²) in [5.41, 5.74) is 0.598. The number of anilines is 1. The number of benzene rings is 1. The minimum Gasteiger partial charge on any atom is -0.383 e. The van der Waals surface area contributed by atoms with Crippen molar-refractivity contribution in [2.45, 2.75) is 0 Å². The van der Waals surface area contributed by atoms with E-state index in [4.69, 9.17) is 5.26 Å². The lowest BCUT2D eigenvalue weighted by molar-refractivity contribution is 0.602. The Hall–Kier alpha value is -1.61.